The summed E-state index contributed by atoms with van der Waals surface area (Å²) >= 11 is 0. The number of hydrogen-bond donors (Lipinski definition) is 1. The summed E-state index contributed by atoms with van der Waals surface area (Å²) in [5, 5.41) is 14.0. The van der Waals surface area contributed by atoms with Crippen molar-refractivity contribution in [3.8, 4) is 0 Å². The third-order valence-electron chi connectivity index (χ3n) is 5.06. The molecule has 1 N–H and O–H groups in total. The third-order valence-corrected chi connectivity index (χ3v) is 5.06. The van der Waals surface area contributed by atoms with Gasteiger partial charge in [-0.05, 0) is 53.9 Å². The first kappa shape index (κ1) is 20.1. The molecular weight excluding hydrogens is 398 g/mol. The van der Waals surface area contributed by atoms with Crippen molar-refractivity contribution in [1.29, 1.82) is 0 Å². The molecule has 31 heavy (non-hydrogen) atoms. The highest BCUT2D eigenvalue weighted by atomic mass is 16.6. The van der Waals surface area contributed by atoms with Crippen LogP contribution in [0.1, 0.15) is 23.8 Å². The molecule has 2 aromatic carbocycles. The van der Waals surface area contributed by atoms with Gasteiger partial charge in [0.15, 0.2) is 0 Å². The fourth-order valence-corrected chi connectivity index (χ4v) is 3.38. The van der Waals surface area contributed by atoms with Crippen LogP contribution in [0.5, 0.6) is 0 Å². The number of amides is 2. The molecule has 0 radical (unpaired) electrons. The molecular formula is C23H19N3O5. The topological polar surface area (TPSA) is 106 Å². The van der Waals surface area contributed by atoms with Crippen molar-refractivity contribution >= 4 is 28.8 Å². The maximum Gasteiger partial charge on any atom is 0.278 e. The Morgan fingerprint density at radius 1 is 1.00 bits per heavy atom. The quantitative estimate of drug-likeness (QED) is 0.352. The molecule has 8 nitrogen and oxygen atoms in total. The molecule has 0 spiro atoms. The van der Waals surface area contributed by atoms with Gasteiger partial charge in [-0.2, -0.15) is 0 Å². The van der Waals surface area contributed by atoms with E-state index in [-0.39, 0.29) is 23.5 Å². The van der Waals surface area contributed by atoms with Gasteiger partial charge in [-0.25, -0.2) is 0 Å². The highest BCUT2D eigenvalue weighted by Gasteiger charge is 2.39. The average molecular weight is 417 g/mol. The molecule has 0 saturated heterocycles. The van der Waals surface area contributed by atoms with Gasteiger partial charge in [0.2, 0.25) is 0 Å². The van der Waals surface area contributed by atoms with Crippen LogP contribution in [0.4, 0.5) is 11.4 Å². The van der Waals surface area contributed by atoms with Crippen molar-refractivity contribution in [2.24, 2.45) is 0 Å². The minimum atomic E-state index is -0.516. The number of anilines is 1. The number of nitro groups is 1. The van der Waals surface area contributed by atoms with E-state index in [4.69, 9.17) is 4.42 Å². The lowest BCUT2D eigenvalue weighted by atomic mass is 10.0. The van der Waals surface area contributed by atoms with Gasteiger partial charge in [-0.1, -0.05) is 19.1 Å². The summed E-state index contributed by atoms with van der Waals surface area (Å²) in [6.45, 7) is 2.03. The van der Waals surface area contributed by atoms with Gasteiger partial charge in [0, 0.05) is 17.8 Å². The van der Waals surface area contributed by atoms with Crippen LogP contribution in [0, 0.1) is 10.1 Å². The van der Waals surface area contributed by atoms with Crippen LogP contribution in [-0.4, -0.2) is 21.6 Å². The number of nitro benzene ring substituents is 1. The van der Waals surface area contributed by atoms with Crippen molar-refractivity contribution in [3.05, 3.63) is 99.6 Å². The summed E-state index contributed by atoms with van der Waals surface area (Å²) in [6.07, 6.45) is 2.35. The second kappa shape index (κ2) is 8.27. The Kier molecular flexibility index (Phi) is 5.36. The monoisotopic (exact) mass is 417 g/mol. The number of imide groups is 1. The van der Waals surface area contributed by atoms with Crippen LogP contribution in [-0.2, 0) is 22.6 Å². The SMILES string of the molecule is CCc1ccc(NC2=C(c3ccc([N+](=O)[O-])cc3)C(=O)N(Cc3ccco3)C2=O)cc1. The zero-order valence-corrected chi connectivity index (χ0v) is 16.7. The normalized spacial score (nSPS) is 13.8. The van der Waals surface area contributed by atoms with E-state index in [0.29, 0.717) is 17.0 Å². The van der Waals surface area contributed by atoms with Crippen LogP contribution in [0.25, 0.3) is 5.57 Å². The molecule has 2 heterocycles. The largest absolute Gasteiger partial charge is 0.467 e. The molecule has 1 aliphatic heterocycles. The minimum absolute atomic E-state index is 0.0128. The van der Waals surface area contributed by atoms with E-state index >= 15 is 0 Å². The fourth-order valence-electron chi connectivity index (χ4n) is 3.38. The number of nitrogens with zero attached hydrogens (tertiary/aromatic N) is 2. The molecule has 8 heteroatoms. The van der Waals surface area contributed by atoms with Gasteiger partial charge in [0.05, 0.1) is 23.3 Å². The van der Waals surface area contributed by atoms with Crippen molar-refractivity contribution in [3.63, 3.8) is 0 Å². The van der Waals surface area contributed by atoms with Crippen LogP contribution in [0.15, 0.2) is 77.0 Å². The third kappa shape index (κ3) is 3.95. The maximum atomic E-state index is 13.2. The van der Waals surface area contributed by atoms with Crippen molar-refractivity contribution < 1.29 is 18.9 Å². The lowest BCUT2D eigenvalue weighted by Crippen LogP contribution is -2.31. The highest BCUT2D eigenvalue weighted by molar-refractivity contribution is 6.36. The minimum Gasteiger partial charge on any atom is -0.467 e. The zero-order chi connectivity index (χ0) is 22.0. The van der Waals surface area contributed by atoms with Gasteiger partial charge in [-0.3, -0.25) is 24.6 Å². The van der Waals surface area contributed by atoms with Crippen molar-refractivity contribution in [1.82, 2.24) is 4.90 Å². The number of nitrogens with one attached hydrogen (secondary N) is 1. The first-order chi connectivity index (χ1) is 15.0. The predicted molar refractivity (Wildman–Crippen MR) is 114 cm³/mol. The molecule has 0 bridgehead atoms. The van der Waals surface area contributed by atoms with Gasteiger partial charge < -0.3 is 9.73 Å². The summed E-state index contributed by atoms with van der Waals surface area (Å²) in [7, 11) is 0. The van der Waals surface area contributed by atoms with E-state index in [2.05, 4.69) is 5.32 Å². The van der Waals surface area contributed by atoms with Crippen LogP contribution < -0.4 is 5.32 Å². The van der Waals surface area contributed by atoms with Crippen LogP contribution in [0.3, 0.4) is 0 Å². The molecule has 4 rings (SSSR count). The van der Waals surface area contributed by atoms with E-state index < -0.39 is 16.7 Å². The Labute approximate surface area is 177 Å². The summed E-state index contributed by atoms with van der Waals surface area (Å²) in [5.74, 6) is -0.518. The molecule has 3 aromatic rings. The van der Waals surface area contributed by atoms with Gasteiger partial charge in [0.25, 0.3) is 17.5 Å². The number of hydrogen-bond acceptors (Lipinski definition) is 6. The number of non-ortho nitro benzene ring substituents is 1. The molecule has 0 aliphatic carbocycles. The first-order valence-electron chi connectivity index (χ1n) is 9.71. The summed E-state index contributed by atoms with van der Waals surface area (Å²) in [5.41, 5.74) is 2.40. The number of rotatable bonds is 7. The second-order valence-corrected chi connectivity index (χ2v) is 7.01. The average Bonchev–Trinajstić information content (AvgIpc) is 3.37. The standard InChI is InChI=1S/C23H19N3O5/c1-2-15-5-9-17(10-6-15)24-21-20(16-7-11-18(12-8-16)26(29)30)22(27)25(23(21)28)14-19-4-3-13-31-19/h3-13,24H,2,14H2,1H3. The van der Waals surface area contributed by atoms with Crippen LogP contribution in [0.2, 0.25) is 0 Å². The van der Waals surface area contributed by atoms with Gasteiger partial charge in [-0.15, -0.1) is 0 Å². The number of aryl methyl sites for hydroxylation is 1. The number of benzene rings is 2. The molecule has 0 fully saturated rings. The summed E-state index contributed by atoms with van der Waals surface area (Å²) in [6, 6.07) is 16.5. The predicted octanol–water partition coefficient (Wildman–Crippen LogP) is 4.14. The number of carbonyl (C=O) groups excluding carboxylic acids is 2. The van der Waals surface area contributed by atoms with E-state index in [1.807, 2.05) is 31.2 Å². The van der Waals surface area contributed by atoms with E-state index in [9.17, 15) is 19.7 Å². The lowest BCUT2D eigenvalue weighted by molar-refractivity contribution is -0.384. The lowest BCUT2D eigenvalue weighted by Gasteiger charge is -2.13. The Morgan fingerprint density at radius 3 is 2.29 bits per heavy atom. The van der Waals surface area contributed by atoms with Crippen LogP contribution >= 0.6 is 0 Å². The molecule has 1 aromatic heterocycles. The van der Waals surface area contributed by atoms with E-state index in [1.165, 1.54) is 30.5 Å². The first-order valence-corrected chi connectivity index (χ1v) is 9.71. The van der Waals surface area contributed by atoms with E-state index in [0.717, 1.165) is 16.9 Å². The molecule has 0 atom stereocenters. The molecule has 0 unspecified atom stereocenters. The highest BCUT2D eigenvalue weighted by Crippen LogP contribution is 2.32. The zero-order valence-electron chi connectivity index (χ0n) is 16.7. The second-order valence-electron chi connectivity index (χ2n) is 7.01. The van der Waals surface area contributed by atoms with Crippen molar-refractivity contribution in [2.75, 3.05) is 5.32 Å². The number of carbonyl (C=O) groups is 2. The Bertz CT molecular complexity index is 1160. The summed E-state index contributed by atoms with van der Waals surface area (Å²) in [4.78, 5) is 37.9. The smallest absolute Gasteiger partial charge is 0.278 e. The maximum absolute atomic E-state index is 13.2. The Morgan fingerprint density at radius 2 is 1.71 bits per heavy atom. The Hall–Kier alpha value is -4.20. The van der Waals surface area contributed by atoms with Gasteiger partial charge >= 0.3 is 0 Å². The fraction of sp³-hybridized carbons (Fsp3) is 0.130. The van der Waals surface area contributed by atoms with E-state index in [1.54, 1.807) is 12.1 Å². The van der Waals surface area contributed by atoms with Crippen molar-refractivity contribution in [2.45, 2.75) is 19.9 Å². The summed E-state index contributed by atoms with van der Waals surface area (Å²) < 4.78 is 5.29. The molecule has 1 aliphatic rings. The number of furan rings is 1. The molecule has 0 saturated carbocycles. The van der Waals surface area contributed by atoms with Gasteiger partial charge in [0.1, 0.15) is 11.5 Å². The molecule has 2 amide bonds. The Balaban J connectivity index is 1.73. The molecule has 156 valence electrons.